The number of thiophene rings is 1. The summed E-state index contributed by atoms with van der Waals surface area (Å²) < 4.78 is 33.8. The van der Waals surface area contributed by atoms with Crippen LogP contribution in [-0.2, 0) is 23.1 Å². The summed E-state index contributed by atoms with van der Waals surface area (Å²) in [5.41, 5.74) is 1.15. The highest BCUT2D eigenvalue weighted by Crippen LogP contribution is 2.27. The molecule has 3 heterocycles. The van der Waals surface area contributed by atoms with Crippen molar-refractivity contribution in [2.75, 3.05) is 6.54 Å². The number of aryl methyl sites for hydroxylation is 1. The molecule has 0 N–H and O–H groups in total. The van der Waals surface area contributed by atoms with Crippen molar-refractivity contribution in [3.05, 3.63) is 75.9 Å². The molecule has 170 valence electrons. The van der Waals surface area contributed by atoms with Gasteiger partial charge in [0.1, 0.15) is 5.76 Å². The maximum Gasteiger partial charge on any atom is 0.254 e. The standard InChI is InChI=1S/C24H28N2O4S2/c1-18-10-11-22(32(28,29)26-12-4-3-7-19(26)2)15-23(18)24(27)25(16-20-8-5-13-30-20)17-21-9-6-14-31-21/h5-6,8-11,13-15,19H,3-4,7,12,16-17H2,1-2H3. The van der Waals surface area contributed by atoms with Gasteiger partial charge in [0.05, 0.1) is 24.2 Å². The van der Waals surface area contributed by atoms with Crippen molar-refractivity contribution in [3.8, 4) is 0 Å². The maximum absolute atomic E-state index is 13.6. The molecule has 1 amide bonds. The monoisotopic (exact) mass is 472 g/mol. The number of nitrogens with zero attached hydrogens (tertiary/aromatic N) is 2. The first kappa shape index (κ1) is 22.8. The number of hydrogen-bond acceptors (Lipinski definition) is 5. The number of amides is 1. The number of carbonyl (C=O) groups excluding carboxylic acids is 1. The molecule has 0 spiro atoms. The maximum atomic E-state index is 13.6. The van der Waals surface area contributed by atoms with E-state index in [4.69, 9.17) is 4.42 Å². The number of hydrogen-bond donors (Lipinski definition) is 0. The molecule has 1 aromatic carbocycles. The zero-order chi connectivity index (χ0) is 22.7. The Morgan fingerprint density at radius 2 is 2.03 bits per heavy atom. The number of piperidine rings is 1. The molecule has 1 aliphatic rings. The molecule has 8 heteroatoms. The normalized spacial score (nSPS) is 17.4. The van der Waals surface area contributed by atoms with Crippen LogP contribution >= 0.6 is 11.3 Å². The Hall–Kier alpha value is -2.42. The summed E-state index contributed by atoms with van der Waals surface area (Å²) in [5, 5.41) is 1.98. The molecule has 1 fully saturated rings. The first-order chi connectivity index (χ1) is 15.4. The molecule has 4 rings (SSSR count). The molecular weight excluding hydrogens is 444 g/mol. The fourth-order valence-corrected chi connectivity index (χ4v) is 6.55. The molecule has 0 radical (unpaired) electrons. The van der Waals surface area contributed by atoms with Crippen molar-refractivity contribution in [1.82, 2.24) is 9.21 Å². The summed E-state index contributed by atoms with van der Waals surface area (Å²) in [7, 11) is -3.66. The highest BCUT2D eigenvalue weighted by Gasteiger charge is 2.32. The Morgan fingerprint density at radius 3 is 2.72 bits per heavy atom. The van der Waals surface area contributed by atoms with Gasteiger partial charge in [-0.3, -0.25) is 4.79 Å². The number of furan rings is 1. The second-order valence-electron chi connectivity index (χ2n) is 8.26. The van der Waals surface area contributed by atoms with Crippen molar-refractivity contribution >= 4 is 27.3 Å². The number of carbonyl (C=O) groups is 1. The van der Waals surface area contributed by atoms with Crippen LogP contribution in [0.3, 0.4) is 0 Å². The van der Waals surface area contributed by atoms with Crippen LogP contribution in [0.25, 0.3) is 0 Å². The highest BCUT2D eigenvalue weighted by atomic mass is 32.2. The third-order valence-electron chi connectivity index (χ3n) is 5.93. The average Bonchev–Trinajstić information content (AvgIpc) is 3.47. The lowest BCUT2D eigenvalue weighted by atomic mass is 10.1. The predicted molar refractivity (Wildman–Crippen MR) is 125 cm³/mol. The number of rotatable bonds is 7. The number of sulfonamides is 1. The van der Waals surface area contributed by atoms with Crippen LogP contribution in [0.5, 0.6) is 0 Å². The molecule has 2 aromatic heterocycles. The first-order valence-corrected chi connectivity index (χ1v) is 13.1. The van der Waals surface area contributed by atoms with E-state index >= 15 is 0 Å². The summed E-state index contributed by atoms with van der Waals surface area (Å²) in [6.45, 7) is 5.04. The topological polar surface area (TPSA) is 70.8 Å². The van der Waals surface area contributed by atoms with E-state index in [0.717, 1.165) is 29.7 Å². The minimum Gasteiger partial charge on any atom is -0.467 e. The van der Waals surface area contributed by atoms with Crippen LogP contribution in [-0.4, -0.2) is 36.1 Å². The molecule has 1 aliphatic heterocycles. The summed E-state index contributed by atoms with van der Waals surface area (Å²) in [5.74, 6) is 0.467. The Kier molecular flexibility index (Phi) is 6.83. The lowest BCUT2D eigenvalue weighted by Gasteiger charge is -2.32. The van der Waals surface area contributed by atoms with Gasteiger partial charge in [0.2, 0.25) is 10.0 Å². The van der Waals surface area contributed by atoms with Crippen LogP contribution in [0.2, 0.25) is 0 Å². The Balaban J connectivity index is 1.66. The molecule has 1 unspecified atom stereocenters. The first-order valence-electron chi connectivity index (χ1n) is 10.8. The average molecular weight is 473 g/mol. The molecule has 3 aromatic rings. The second kappa shape index (κ2) is 9.60. The van der Waals surface area contributed by atoms with Gasteiger partial charge in [-0.05, 0) is 68.0 Å². The van der Waals surface area contributed by atoms with Crippen molar-refractivity contribution in [1.29, 1.82) is 0 Å². The summed E-state index contributed by atoms with van der Waals surface area (Å²) in [6, 6.07) is 12.4. The van der Waals surface area contributed by atoms with Crippen molar-refractivity contribution in [2.45, 2.75) is 57.1 Å². The minimum absolute atomic E-state index is 0.0384. The molecular formula is C24H28N2O4S2. The molecule has 1 saturated heterocycles. The van der Waals surface area contributed by atoms with E-state index in [0.29, 0.717) is 31.0 Å². The van der Waals surface area contributed by atoms with E-state index in [-0.39, 0.29) is 16.8 Å². The molecule has 1 atom stereocenters. The van der Waals surface area contributed by atoms with E-state index in [2.05, 4.69) is 0 Å². The lowest BCUT2D eigenvalue weighted by molar-refractivity contribution is 0.0718. The van der Waals surface area contributed by atoms with E-state index < -0.39 is 10.0 Å². The van der Waals surface area contributed by atoms with Crippen molar-refractivity contribution in [2.24, 2.45) is 0 Å². The van der Waals surface area contributed by atoms with Gasteiger partial charge in [-0.25, -0.2) is 8.42 Å². The molecule has 0 aliphatic carbocycles. The molecule has 0 bridgehead atoms. The zero-order valence-electron chi connectivity index (χ0n) is 18.4. The van der Waals surface area contributed by atoms with Crippen LogP contribution in [0, 0.1) is 6.92 Å². The van der Waals surface area contributed by atoms with Gasteiger partial charge in [-0.1, -0.05) is 18.6 Å². The van der Waals surface area contributed by atoms with E-state index in [9.17, 15) is 13.2 Å². The lowest BCUT2D eigenvalue weighted by Crippen LogP contribution is -2.42. The highest BCUT2D eigenvalue weighted by molar-refractivity contribution is 7.89. The third-order valence-corrected chi connectivity index (χ3v) is 8.80. The zero-order valence-corrected chi connectivity index (χ0v) is 20.0. The quantitative estimate of drug-likeness (QED) is 0.482. The van der Waals surface area contributed by atoms with E-state index in [1.165, 1.54) is 6.07 Å². The SMILES string of the molecule is Cc1ccc(S(=O)(=O)N2CCCCC2C)cc1C(=O)N(Cc1ccco1)Cc1cccs1. The fraction of sp³-hybridized carbons (Fsp3) is 0.375. The van der Waals surface area contributed by atoms with Crippen LogP contribution in [0.1, 0.15) is 52.7 Å². The summed E-state index contributed by atoms with van der Waals surface area (Å²) in [6.07, 6.45) is 4.34. The number of benzene rings is 1. The van der Waals surface area contributed by atoms with Crippen molar-refractivity contribution in [3.63, 3.8) is 0 Å². The molecule has 0 saturated carbocycles. The van der Waals surface area contributed by atoms with Gasteiger partial charge in [0.15, 0.2) is 0 Å². The smallest absolute Gasteiger partial charge is 0.254 e. The van der Waals surface area contributed by atoms with Gasteiger partial charge >= 0.3 is 0 Å². The Bertz CT molecular complexity index is 1120. The Labute approximate surface area is 193 Å². The molecule has 6 nitrogen and oxygen atoms in total. The third kappa shape index (κ3) is 4.82. The summed E-state index contributed by atoms with van der Waals surface area (Å²) >= 11 is 1.58. The Morgan fingerprint density at radius 1 is 1.19 bits per heavy atom. The van der Waals surface area contributed by atoms with Gasteiger partial charge in [0.25, 0.3) is 5.91 Å². The fourth-order valence-electron chi connectivity index (χ4n) is 4.11. The summed E-state index contributed by atoms with van der Waals surface area (Å²) in [4.78, 5) is 16.5. The van der Waals surface area contributed by atoms with Gasteiger partial charge in [-0.2, -0.15) is 4.31 Å². The predicted octanol–water partition coefficient (Wildman–Crippen LogP) is 5.06. The van der Waals surface area contributed by atoms with Gasteiger partial charge in [-0.15, -0.1) is 11.3 Å². The van der Waals surface area contributed by atoms with Crippen LogP contribution in [0.4, 0.5) is 0 Å². The van der Waals surface area contributed by atoms with Crippen LogP contribution in [0.15, 0.2) is 63.4 Å². The minimum atomic E-state index is -3.66. The van der Waals surface area contributed by atoms with Crippen LogP contribution < -0.4 is 0 Å². The molecule has 32 heavy (non-hydrogen) atoms. The van der Waals surface area contributed by atoms with Gasteiger partial charge < -0.3 is 9.32 Å². The van der Waals surface area contributed by atoms with E-state index in [1.807, 2.05) is 37.4 Å². The van der Waals surface area contributed by atoms with Crippen molar-refractivity contribution < 1.29 is 17.6 Å². The van der Waals surface area contributed by atoms with Gasteiger partial charge in [0, 0.05) is 23.0 Å². The largest absolute Gasteiger partial charge is 0.467 e. The second-order valence-corrected chi connectivity index (χ2v) is 11.2. The van der Waals surface area contributed by atoms with E-state index in [1.54, 1.807) is 45.0 Å².